The second-order valence-corrected chi connectivity index (χ2v) is 6.41. The van der Waals surface area contributed by atoms with Gasteiger partial charge in [-0.15, -0.1) is 0 Å². The van der Waals surface area contributed by atoms with E-state index in [4.69, 9.17) is 23.2 Å². The van der Waals surface area contributed by atoms with Crippen LogP contribution in [0.2, 0.25) is 10.0 Å². The molecular weight excluding hydrogens is 434 g/mol. The largest absolute Gasteiger partial charge is 0.416 e. The Morgan fingerprint density at radius 3 is 2.10 bits per heavy atom. The van der Waals surface area contributed by atoms with Gasteiger partial charge in [-0.25, -0.2) is 9.97 Å². The molecule has 0 saturated carbocycles. The summed E-state index contributed by atoms with van der Waals surface area (Å²) in [7, 11) is 0. The maximum Gasteiger partial charge on any atom is 0.416 e. The number of para-hydroxylation sites is 1. The molecule has 1 heterocycles. The van der Waals surface area contributed by atoms with Crippen molar-refractivity contribution in [2.45, 2.75) is 6.18 Å². The first-order valence-corrected chi connectivity index (χ1v) is 8.57. The van der Waals surface area contributed by atoms with E-state index in [9.17, 15) is 23.3 Å². The Morgan fingerprint density at radius 2 is 1.52 bits per heavy atom. The number of hydrogen-bond acceptors (Lipinski definition) is 6. The summed E-state index contributed by atoms with van der Waals surface area (Å²) in [4.78, 5) is 18.5. The van der Waals surface area contributed by atoms with Gasteiger partial charge in [-0.3, -0.25) is 10.1 Å². The minimum atomic E-state index is -4.62. The molecule has 29 heavy (non-hydrogen) atoms. The van der Waals surface area contributed by atoms with Gasteiger partial charge in [-0.2, -0.15) is 13.2 Å². The van der Waals surface area contributed by atoms with E-state index in [0.29, 0.717) is 5.69 Å². The molecule has 150 valence electrons. The number of anilines is 4. The summed E-state index contributed by atoms with van der Waals surface area (Å²) in [5.41, 5.74) is -1.43. The van der Waals surface area contributed by atoms with Gasteiger partial charge in [0.05, 0.1) is 31.9 Å². The third kappa shape index (κ3) is 4.66. The fourth-order valence-electron chi connectivity index (χ4n) is 2.35. The average Bonchev–Trinajstić information content (AvgIpc) is 2.64. The van der Waals surface area contributed by atoms with Crippen molar-refractivity contribution >= 4 is 51.9 Å². The molecule has 0 unspecified atom stereocenters. The monoisotopic (exact) mass is 443 g/mol. The van der Waals surface area contributed by atoms with E-state index in [1.54, 1.807) is 24.3 Å². The van der Waals surface area contributed by atoms with Crippen molar-refractivity contribution in [1.29, 1.82) is 0 Å². The molecule has 0 atom stereocenters. The van der Waals surface area contributed by atoms with Crippen LogP contribution in [0, 0.1) is 10.1 Å². The molecule has 0 fully saturated rings. The molecule has 0 aliphatic rings. The second kappa shape index (κ2) is 8.10. The Hall–Kier alpha value is -3.11. The van der Waals surface area contributed by atoms with Crippen LogP contribution in [0.3, 0.4) is 0 Å². The number of alkyl halides is 3. The minimum Gasteiger partial charge on any atom is -0.333 e. The summed E-state index contributed by atoms with van der Waals surface area (Å²) < 4.78 is 38.9. The van der Waals surface area contributed by atoms with Crippen molar-refractivity contribution in [3.8, 4) is 0 Å². The topological polar surface area (TPSA) is 93.0 Å². The number of rotatable bonds is 5. The summed E-state index contributed by atoms with van der Waals surface area (Å²) in [6, 6.07) is 9.03. The van der Waals surface area contributed by atoms with Gasteiger partial charge in [0, 0.05) is 0 Å². The SMILES string of the molecule is O=[N+]([O-])c1c(Nc2ccccc2Cl)ncnc1Nc1cc(C(F)(F)F)ccc1Cl. The van der Waals surface area contributed by atoms with Crippen molar-refractivity contribution in [1.82, 2.24) is 9.97 Å². The molecule has 3 aromatic rings. The molecule has 0 bridgehead atoms. The first-order valence-electron chi connectivity index (χ1n) is 7.81. The van der Waals surface area contributed by atoms with Crippen molar-refractivity contribution in [2.24, 2.45) is 0 Å². The summed E-state index contributed by atoms with van der Waals surface area (Å²) in [6.07, 6.45) is -3.61. The lowest BCUT2D eigenvalue weighted by Gasteiger charge is -2.13. The van der Waals surface area contributed by atoms with E-state index < -0.39 is 22.4 Å². The summed E-state index contributed by atoms with van der Waals surface area (Å²) in [5.74, 6) is -0.551. The highest BCUT2D eigenvalue weighted by Crippen LogP contribution is 2.38. The molecule has 0 saturated heterocycles. The number of halogens is 5. The molecule has 0 aliphatic carbocycles. The normalized spacial score (nSPS) is 11.2. The minimum absolute atomic E-state index is 0.0773. The summed E-state index contributed by atoms with van der Waals surface area (Å²) in [6.45, 7) is 0. The van der Waals surface area contributed by atoms with Crippen LogP contribution in [0.15, 0.2) is 48.8 Å². The van der Waals surface area contributed by atoms with E-state index in [1.807, 2.05) is 0 Å². The maximum absolute atomic E-state index is 13.0. The van der Waals surface area contributed by atoms with Gasteiger partial charge in [0.1, 0.15) is 6.33 Å². The van der Waals surface area contributed by atoms with Crippen molar-refractivity contribution in [3.63, 3.8) is 0 Å². The Kier molecular flexibility index (Phi) is 5.76. The highest BCUT2D eigenvalue weighted by atomic mass is 35.5. The Morgan fingerprint density at radius 1 is 0.931 bits per heavy atom. The number of nitrogens with zero attached hydrogens (tertiary/aromatic N) is 3. The van der Waals surface area contributed by atoms with Crippen LogP contribution in [-0.2, 0) is 6.18 Å². The zero-order chi connectivity index (χ0) is 21.2. The van der Waals surface area contributed by atoms with Gasteiger partial charge in [0.2, 0.25) is 11.6 Å². The number of nitrogens with one attached hydrogen (secondary N) is 2. The van der Waals surface area contributed by atoms with Crippen molar-refractivity contribution < 1.29 is 18.1 Å². The molecule has 1 aromatic heterocycles. The quantitative estimate of drug-likeness (QED) is 0.360. The number of nitro groups is 1. The lowest BCUT2D eigenvalue weighted by atomic mass is 10.2. The van der Waals surface area contributed by atoms with E-state index in [-0.39, 0.29) is 27.4 Å². The van der Waals surface area contributed by atoms with Gasteiger partial charge in [-0.1, -0.05) is 35.3 Å². The molecule has 7 nitrogen and oxygen atoms in total. The predicted octanol–water partition coefficient (Wildman–Crippen LogP) is 6.20. The fourth-order valence-corrected chi connectivity index (χ4v) is 2.70. The molecule has 3 rings (SSSR count). The standard InChI is InChI=1S/C17H10Cl2F3N5O2/c18-10-3-1-2-4-12(10)25-15-14(27(28)29)16(24-8-23-15)26-13-7-9(17(20,21)22)5-6-11(13)19/h1-8H,(H2,23,24,25,26). The molecule has 0 radical (unpaired) electrons. The highest BCUT2D eigenvalue weighted by molar-refractivity contribution is 6.33. The van der Waals surface area contributed by atoms with Gasteiger partial charge >= 0.3 is 11.9 Å². The number of benzene rings is 2. The van der Waals surface area contributed by atoms with Crippen LogP contribution >= 0.6 is 23.2 Å². The van der Waals surface area contributed by atoms with Crippen LogP contribution in [-0.4, -0.2) is 14.9 Å². The number of aromatic nitrogens is 2. The van der Waals surface area contributed by atoms with Crippen LogP contribution in [0.4, 0.5) is 41.9 Å². The maximum atomic E-state index is 13.0. The zero-order valence-corrected chi connectivity index (χ0v) is 15.7. The Labute approximate surface area is 171 Å². The van der Waals surface area contributed by atoms with Gasteiger partial charge < -0.3 is 10.6 Å². The van der Waals surface area contributed by atoms with Crippen LogP contribution in [0.1, 0.15) is 5.56 Å². The third-order valence-electron chi connectivity index (χ3n) is 3.68. The van der Waals surface area contributed by atoms with Crippen LogP contribution in [0.5, 0.6) is 0 Å². The zero-order valence-electron chi connectivity index (χ0n) is 14.2. The van der Waals surface area contributed by atoms with E-state index in [2.05, 4.69) is 20.6 Å². The van der Waals surface area contributed by atoms with Crippen LogP contribution < -0.4 is 10.6 Å². The van der Waals surface area contributed by atoms with Crippen LogP contribution in [0.25, 0.3) is 0 Å². The van der Waals surface area contributed by atoms with E-state index in [1.165, 1.54) is 0 Å². The molecule has 0 aliphatic heterocycles. The highest BCUT2D eigenvalue weighted by Gasteiger charge is 2.31. The smallest absolute Gasteiger partial charge is 0.333 e. The molecule has 2 N–H and O–H groups in total. The predicted molar refractivity (Wildman–Crippen MR) is 103 cm³/mol. The molecule has 0 amide bonds. The molecular formula is C17H10Cl2F3N5O2. The van der Waals surface area contributed by atoms with Crippen molar-refractivity contribution in [3.05, 3.63) is 74.5 Å². The lowest BCUT2D eigenvalue weighted by Crippen LogP contribution is -2.08. The summed E-state index contributed by atoms with van der Waals surface area (Å²) in [5, 5.41) is 17.0. The van der Waals surface area contributed by atoms with Gasteiger partial charge in [-0.05, 0) is 30.3 Å². The number of hydrogen-bond donors (Lipinski definition) is 2. The van der Waals surface area contributed by atoms with Gasteiger partial charge in [0.25, 0.3) is 0 Å². The van der Waals surface area contributed by atoms with Crippen molar-refractivity contribution in [2.75, 3.05) is 10.6 Å². The fraction of sp³-hybridized carbons (Fsp3) is 0.0588. The van der Waals surface area contributed by atoms with Gasteiger partial charge in [0.15, 0.2) is 0 Å². The molecule has 0 spiro atoms. The first-order chi connectivity index (χ1) is 13.7. The van der Waals surface area contributed by atoms with E-state index >= 15 is 0 Å². The summed E-state index contributed by atoms with van der Waals surface area (Å²) >= 11 is 12.0. The second-order valence-electron chi connectivity index (χ2n) is 5.60. The third-order valence-corrected chi connectivity index (χ3v) is 4.34. The molecule has 2 aromatic carbocycles. The average molecular weight is 444 g/mol. The van der Waals surface area contributed by atoms with E-state index in [0.717, 1.165) is 24.5 Å². The lowest BCUT2D eigenvalue weighted by molar-refractivity contribution is -0.383. The first kappa shape index (κ1) is 20.6. The Bertz CT molecular complexity index is 1080. The molecule has 12 heteroatoms. The Balaban J connectivity index is 2.03.